The number of imidazole rings is 1. The fraction of sp³-hybridized carbons (Fsp3) is 0.700. The number of rotatable bonds is 6. The van der Waals surface area contributed by atoms with Crippen molar-refractivity contribution in [3.05, 3.63) is 12.0 Å². The Morgan fingerprint density at radius 3 is 2.45 bits per heavy atom. The van der Waals surface area contributed by atoms with Crippen LogP contribution in [0, 0.1) is 6.92 Å². The summed E-state index contributed by atoms with van der Waals surface area (Å²) in [6.45, 7) is 0.763. The largest absolute Gasteiger partial charge is 0.402 e. The van der Waals surface area contributed by atoms with Crippen LogP contribution in [0.15, 0.2) is 11.2 Å². The predicted molar refractivity (Wildman–Crippen MR) is 64.5 cm³/mol. The smallest absolute Gasteiger partial charge is 0.395 e. The molecule has 0 amide bonds. The molecule has 0 radical (unpaired) electrons. The van der Waals surface area contributed by atoms with E-state index in [1.807, 2.05) is 0 Å². The molecule has 0 aliphatic rings. The molecule has 10 heteroatoms. The molecule has 1 aromatic heterocycles. The summed E-state index contributed by atoms with van der Waals surface area (Å²) < 4.78 is 63.2. The Labute approximate surface area is 114 Å². The number of aliphatic hydroxyl groups excluding tert-OH is 1. The van der Waals surface area contributed by atoms with Crippen molar-refractivity contribution in [2.24, 2.45) is 0 Å². The van der Waals surface area contributed by atoms with Crippen molar-refractivity contribution in [1.82, 2.24) is 13.9 Å². The third-order valence-electron chi connectivity index (χ3n) is 2.60. The lowest BCUT2D eigenvalue weighted by Gasteiger charge is -2.21. The third kappa shape index (κ3) is 3.93. The van der Waals surface area contributed by atoms with E-state index in [2.05, 4.69) is 4.98 Å². The van der Waals surface area contributed by atoms with Gasteiger partial charge in [-0.15, -0.1) is 0 Å². The first kappa shape index (κ1) is 16.9. The van der Waals surface area contributed by atoms with Crippen molar-refractivity contribution in [2.45, 2.75) is 31.6 Å². The van der Waals surface area contributed by atoms with Crippen molar-refractivity contribution in [1.29, 1.82) is 0 Å². The van der Waals surface area contributed by atoms with Gasteiger partial charge in [-0.3, -0.25) is 0 Å². The minimum Gasteiger partial charge on any atom is -0.395 e. The Balaban J connectivity index is 3.15. The SMILES string of the molecule is CCn1cc(S(=O)(=O)N(CCO)CC(F)(F)F)nc1C. The predicted octanol–water partition coefficient (Wildman–Crippen LogP) is 0.757. The first-order chi connectivity index (χ1) is 9.11. The monoisotopic (exact) mass is 315 g/mol. The summed E-state index contributed by atoms with van der Waals surface area (Å²) in [6.07, 6.45) is -3.50. The first-order valence-electron chi connectivity index (χ1n) is 5.83. The van der Waals surface area contributed by atoms with E-state index < -0.39 is 40.9 Å². The minimum absolute atomic E-state index is 0.175. The number of sulfonamides is 1. The molecule has 1 rings (SSSR count). The summed E-state index contributed by atoms with van der Waals surface area (Å²) >= 11 is 0. The molecule has 0 unspecified atom stereocenters. The molecule has 20 heavy (non-hydrogen) atoms. The highest BCUT2D eigenvalue weighted by Crippen LogP contribution is 2.22. The average Bonchev–Trinajstić information content (AvgIpc) is 2.69. The molecule has 6 nitrogen and oxygen atoms in total. The maximum absolute atomic E-state index is 12.4. The molecule has 0 saturated heterocycles. The fourth-order valence-corrected chi connectivity index (χ4v) is 3.06. The van der Waals surface area contributed by atoms with Gasteiger partial charge in [0, 0.05) is 19.3 Å². The number of aryl methyl sites for hydroxylation is 2. The van der Waals surface area contributed by atoms with Gasteiger partial charge >= 0.3 is 6.18 Å². The number of hydrogen-bond donors (Lipinski definition) is 1. The maximum Gasteiger partial charge on any atom is 0.402 e. The van der Waals surface area contributed by atoms with E-state index in [1.165, 1.54) is 10.8 Å². The van der Waals surface area contributed by atoms with Crippen LogP contribution in [0.4, 0.5) is 13.2 Å². The normalized spacial score (nSPS) is 13.2. The van der Waals surface area contributed by atoms with Gasteiger partial charge in [0.15, 0.2) is 5.03 Å². The Morgan fingerprint density at radius 2 is 2.05 bits per heavy atom. The second kappa shape index (κ2) is 6.10. The molecule has 0 spiro atoms. The Bertz CT molecular complexity index is 554. The van der Waals surface area contributed by atoms with Crippen molar-refractivity contribution < 1.29 is 26.7 Å². The molecule has 1 aromatic rings. The number of hydrogen-bond acceptors (Lipinski definition) is 4. The van der Waals surface area contributed by atoms with Gasteiger partial charge in [0.05, 0.1) is 6.61 Å². The molecular weight excluding hydrogens is 299 g/mol. The summed E-state index contributed by atoms with van der Waals surface area (Å²) in [7, 11) is -4.39. The third-order valence-corrected chi connectivity index (χ3v) is 4.32. The summed E-state index contributed by atoms with van der Waals surface area (Å²) in [5.41, 5.74) is 0. The quantitative estimate of drug-likeness (QED) is 0.841. The van der Waals surface area contributed by atoms with Gasteiger partial charge in [-0.25, -0.2) is 13.4 Å². The topological polar surface area (TPSA) is 75.4 Å². The molecule has 0 fully saturated rings. The van der Waals surface area contributed by atoms with Gasteiger partial charge in [-0.2, -0.15) is 17.5 Å². The van der Waals surface area contributed by atoms with Gasteiger partial charge < -0.3 is 9.67 Å². The van der Waals surface area contributed by atoms with Gasteiger partial charge in [-0.05, 0) is 13.8 Å². The van der Waals surface area contributed by atoms with Gasteiger partial charge in [-0.1, -0.05) is 0 Å². The molecule has 0 aliphatic carbocycles. The van der Waals surface area contributed by atoms with Crippen molar-refractivity contribution in [2.75, 3.05) is 19.7 Å². The lowest BCUT2D eigenvalue weighted by atomic mass is 10.6. The van der Waals surface area contributed by atoms with Crippen LogP contribution in [0.2, 0.25) is 0 Å². The number of halogens is 3. The van der Waals surface area contributed by atoms with Crippen LogP contribution in [0.5, 0.6) is 0 Å². The zero-order chi connectivity index (χ0) is 15.6. The van der Waals surface area contributed by atoms with Crippen LogP contribution in [0.3, 0.4) is 0 Å². The first-order valence-corrected chi connectivity index (χ1v) is 7.27. The van der Waals surface area contributed by atoms with Crippen LogP contribution < -0.4 is 0 Å². The molecule has 0 atom stereocenters. The Morgan fingerprint density at radius 1 is 1.45 bits per heavy atom. The average molecular weight is 315 g/mol. The fourth-order valence-electron chi connectivity index (χ4n) is 1.65. The van der Waals surface area contributed by atoms with E-state index in [0.717, 1.165) is 0 Å². The van der Waals surface area contributed by atoms with Crippen LogP contribution >= 0.6 is 0 Å². The second-order valence-corrected chi connectivity index (χ2v) is 5.97. The summed E-state index contributed by atoms with van der Waals surface area (Å²) in [5.74, 6) is 0.391. The molecule has 1 heterocycles. The standard InChI is InChI=1S/C10H16F3N3O3S/c1-3-15-6-9(14-8(15)2)20(18,19)16(4-5-17)7-10(11,12)13/h6,17H,3-5,7H2,1-2H3. The van der Waals surface area contributed by atoms with E-state index in [1.54, 1.807) is 13.8 Å². The lowest BCUT2D eigenvalue weighted by Crippen LogP contribution is -2.40. The number of nitrogens with zero attached hydrogens (tertiary/aromatic N) is 3. The molecule has 0 aromatic carbocycles. The number of alkyl halides is 3. The molecule has 0 bridgehead atoms. The number of aromatic nitrogens is 2. The van der Waals surface area contributed by atoms with E-state index in [9.17, 15) is 21.6 Å². The molecule has 116 valence electrons. The number of aliphatic hydroxyl groups is 1. The van der Waals surface area contributed by atoms with Crippen LogP contribution in [-0.4, -0.2) is 53.3 Å². The maximum atomic E-state index is 12.4. The summed E-state index contributed by atoms with van der Waals surface area (Å²) in [4.78, 5) is 3.77. The highest BCUT2D eigenvalue weighted by atomic mass is 32.2. The lowest BCUT2D eigenvalue weighted by molar-refractivity contribution is -0.136. The van der Waals surface area contributed by atoms with Crippen molar-refractivity contribution in [3.8, 4) is 0 Å². The molecule has 0 saturated carbocycles. The summed E-state index contributed by atoms with van der Waals surface area (Å²) in [6, 6.07) is 0. The van der Waals surface area contributed by atoms with Crippen LogP contribution in [0.1, 0.15) is 12.7 Å². The van der Waals surface area contributed by atoms with E-state index >= 15 is 0 Å². The van der Waals surface area contributed by atoms with Gasteiger partial charge in [0.2, 0.25) is 0 Å². The molecule has 0 aliphatic heterocycles. The van der Waals surface area contributed by atoms with E-state index in [-0.39, 0.29) is 4.31 Å². The Hall–Kier alpha value is -1.13. The zero-order valence-corrected chi connectivity index (χ0v) is 11.9. The van der Waals surface area contributed by atoms with Crippen LogP contribution in [0.25, 0.3) is 0 Å². The second-order valence-electron chi connectivity index (χ2n) is 4.09. The van der Waals surface area contributed by atoms with Crippen molar-refractivity contribution >= 4 is 10.0 Å². The summed E-state index contributed by atoms with van der Waals surface area (Å²) in [5, 5.41) is 8.30. The molecule has 1 N–H and O–H groups in total. The van der Waals surface area contributed by atoms with E-state index in [0.29, 0.717) is 12.4 Å². The van der Waals surface area contributed by atoms with E-state index in [4.69, 9.17) is 5.11 Å². The van der Waals surface area contributed by atoms with Crippen molar-refractivity contribution in [3.63, 3.8) is 0 Å². The van der Waals surface area contributed by atoms with Gasteiger partial charge in [0.25, 0.3) is 10.0 Å². The highest BCUT2D eigenvalue weighted by molar-refractivity contribution is 7.89. The van der Waals surface area contributed by atoms with Crippen LogP contribution in [-0.2, 0) is 16.6 Å². The highest BCUT2D eigenvalue weighted by Gasteiger charge is 2.37. The zero-order valence-electron chi connectivity index (χ0n) is 11.1. The van der Waals surface area contributed by atoms with Gasteiger partial charge in [0.1, 0.15) is 12.4 Å². The molecular formula is C10H16F3N3O3S. The Kier molecular flexibility index (Phi) is 5.16. The minimum atomic E-state index is -4.69.